The van der Waals surface area contributed by atoms with Crippen LogP contribution in [0.1, 0.15) is 33.6 Å². The lowest BCUT2D eigenvalue weighted by Gasteiger charge is -2.35. The first-order chi connectivity index (χ1) is 12.0. The van der Waals surface area contributed by atoms with Crippen molar-refractivity contribution in [2.45, 2.75) is 33.6 Å². The minimum Gasteiger partial charge on any atom is -0.342 e. The summed E-state index contributed by atoms with van der Waals surface area (Å²) < 4.78 is 24.8. The number of amides is 2. The molecule has 0 saturated carbocycles. The van der Waals surface area contributed by atoms with Gasteiger partial charge in [-0.05, 0) is 37.1 Å². The standard InChI is InChI=1S/C18H27N3O4S/c1-18(2,3)17(23)21-11-9-13(10-12-21)16(22)19-14-5-7-15(8-6-14)20-26(4,24)25/h5-8,13,20H,9-12H2,1-4H3,(H,19,22). The molecule has 0 unspecified atom stereocenters. The van der Waals surface area contributed by atoms with Crippen LogP contribution in [0.25, 0.3) is 0 Å². The Labute approximate surface area is 155 Å². The summed E-state index contributed by atoms with van der Waals surface area (Å²) in [5.41, 5.74) is 0.651. The molecule has 1 aliphatic rings. The third-order valence-electron chi connectivity index (χ3n) is 4.25. The number of carbonyl (C=O) groups is 2. The first kappa shape index (κ1) is 20.2. The van der Waals surface area contributed by atoms with Gasteiger partial charge in [0.1, 0.15) is 0 Å². The lowest BCUT2D eigenvalue weighted by atomic mass is 9.90. The van der Waals surface area contributed by atoms with E-state index in [0.717, 1.165) is 6.26 Å². The van der Waals surface area contributed by atoms with E-state index < -0.39 is 15.4 Å². The van der Waals surface area contributed by atoms with Crippen molar-refractivity contribution in [1.82, 2.24) is 4.90 Å². The summed E-state index contributed by atoms with van der Waals surface area (Å²) in [5.74, 6) is -0.0881. The lowest BCUT2D eigenvalue weighted by Crippen LogP contribution is -2.45. The highest BCUT2D eigenvalue weighted by Crippen LogP contribution is 2.24. The Morgan fingerprint density at radius 3 is 2.00 bits per heavy atom. The van der Waals surface area contributed by atoms with E-state index in [1.165, 1.54) is 0 Å². The molecule has 1 heterocycles. The average molecular weight is 381 g/mol. The van der Waals surface area contributed by atoms with Gasteiger partial charge in [-0.3, -0.25) is 14.3 Å². The van der Waals surface area contributed by atoms with Crippen LogP contribution >= 0.6 is 0 Å². The van der Waals surface area contributed by atoms with Crippen molar-refractivity contribution in [2.24, 2.45) is 11.3 Å². The summed E-state index contributed by atoms with van der Waals surface area (Å²) >= 11 is 0. The van der Waals surface area contributed by atoms with Gasteiger partial charge in [0.15, 0.2) is 0 Å². The van der Waals surface area contributed by atoms with Crippen LogP contribution in [0, 0.1) is 11.3 Å². The number of nitrogens with one attached hydrogen (secondary N) is 2. The largest absolute Gasteiger partial charge is 0.342 e. The molecule has 0 aliphatic carbocycles. The minimum absolute atomic E-state index is 0.0725. The molecular weight excluding hydrogens is 354 g/mol. The monoisotopic (exact) mass is 381 g/mol. The average Bonchev–Trinajstić information content (AvgIpc) is 2.54. The number of rotatable bonds is 4. The van der Waals surface area contributed by atoms with Gasteiger partial charge >= 0.3 is 0 Å². The highest BCUT2D eigenvalue weighted by atomic mass is 32.2. The molecule has 1 aromatic rings. The number of sulfonamides is 1. The Balaban J connectivity index is 1.88. The maximum atomic E-state index is 12.4. The van der Waals surface area contributed by atoms with Crippen molar-refractivity contribution in [3.05, 3.63) is 24.3 Å². The number of likely N-dealkylation sites (tertiary alicyclic amines) is 1. The van der Waals surface area contributed by atoms with E-state index in [0.29, 0.717) is 37.3 Å². The second-order valence-corrected chi connectivity index (χ2v) is 9.51. The highest BCUT2D eigenvalue weighted by Gasteiger charge is 2.32. The molecule has 0 aromatic heterocycles. The Hall–Kier alpha value is -2.09. The molecule has 2 rings (SSSR count). The van der Waals surface area contributed by atoms with Gasteiger partial charge in [0.2, 0.25) is 21.8 Å². The highest BCUT2D eigenvalue weighted by molar-refractivity contribution is 7.92. The van der Waals surface area contributed by atoms with Gasteiger partial charge in [-0.15, -0.1) is 0 Å². The minimum atomic E-state index is -3.32. The molecule has 2 amide bonds. The van der Waals surface area contributed by atoms with Crippen molar-refractivity contribution in [3.63, 3.8) is 0 Å². The third kappa shape index (κ3) is 5.72. The predicted octanol–water partition coefficient (Wildman–Crippen LogP) is 2.28. The molecule has 26 heavy (non-hydrogen) atoms. The van der Waals surface area contributed by atoms with E-state index in [1.807, 2.05) is 25.7 Å². The molecule has 0 radical (unpaired) electrons. The molecule has 144 valence electrons. The zero-order valence-corrected chi connectivity index (χ0v) is 16.5. The summed E-state index contributed by atoms with van der Waals surface area (Å²) in [4.78, 5) is 26.6. The van der Waals surface area contributed by atoms with Crippen LogP contribution < -0.4 is 10.0 Å². The first-order valence-corrected chi connectivity index (χ1v) is 10.5. The summed E-state index contributed by atoms with van der Waals surface area (Å²) in [5, 5.41) is 2.86. The lowest BCUT2D eigenvalue weighted by molar-refractivity contribution is -0.142. The van der Waals surface area contributed by atoms with Gasteiger partial charge in [-0.2, -0.15) is 0 Å². The summed E-state index contributed by atoms with van der Waals surface area (Å²) in [6, 6.07) is 6.51. The van der Waals surface area contributed by atoms with Crippen LogP contribution in [0.3, 0.4) is 0 Å². The van der Waals surface area contributed by atoms with E-state index in [9.17, 15) is 18.0 Å². The maximum absolute atomic E-state index is 12.4. The molecule has 0 atom stereocenters. The molecule has 0 spiro atoms. The van der Waals surface area contributed by atoms with Gasteiger partial charge in [0, 0.05) is 35.8 Å². The van der Waals surface area contributed by atoms with E-state index in [4.69, 9.17) is 0 Å². The van der Waals surface area contributed by atoms with Gasteiger partial charge in [0.05, 0.1) is 6.26 Å². The number of benzene rings is 1. The van der Waals surface area contributed by atoms with Crippen molar-refractivity contribution in [2.75, 3.05) is 29.4 Å². The second kappa shape index (κ2) is 7.65. The zero-order chi connectivity index (χ0) is 19.5. The SMILES string of the molecule is CC(C)(C)C(=O)N1CCC(C(=O)Nc2ccc(NS(C)(=O)=O)cc2)CC1. The number of anilines is 2. The Kier molecular flexibility index (Phi) is 5.95. The number of hydrogen-bond donors (Lipinski definition) is 2. The quantitative estimate of drug-likeness (QED) is 0.836. The van der Waals surface area contributed by atoms with Crippen LogP contribution in [0.4, 0.5) is 11.4 Å². The fraction of sp³-hybridized carbons (Fsp3) is 0.556. The molecular formula is C18H27N3O4S. The second-order valence-electron chi connectivity index (χ2n) is 7.76. The number of nitrogens with zero attached hydrogens (tertiary/aromatic N) is 1. The van der Waals surface area contributed by atoms with E-state index in [1.54, 1.807) is 24.3 Å². The summed E-state index contributed by atoms with van der Waals surface area (Å²) in [7, 11) is -3.32. The number of piperidine rings is 1. The fourth-order valence-corrected chi connectivity index (χ4v) is 3.46. The van der Waals surface area contributed by atoms with Crippen LogP contribution in [-0.2, 0) is 19.6 Å². The van der Waals surface area contributed by atoms with Crippen LogP contribution in [0.15, 0.2) is 24.3 Å². The van der Waals surface area contributed by atoms with Crippen LogP contribution in [0.2, 0.25) is 0 Å². The van der Waals surface area contributed by atoms with Gasteiger partial charge in [-0.25, -0.2) is 8.42 Å². The Morgan fingerprint density at radius 2 is 1.54 bits per heavy atom. The molecule has 1 aromatic carbocycles. The first-order valence-electron chi connectivity index (χ1n) is 8.64. The van der Waals surface area contributed by atoms with Gasteiger partial charge in [0.25, 0.3) is 0 Å². The van der Waals surface area contributed by atoms with Crippen molar-refractivity contribution in [1.29, 1.82) is 0 Å². The number of hydrogen-bond acceptors (Lipinski definition) is 4. The van der Waals surface area contributed by atoms with Gasteiger partial charge in [-0.1, -0.05) is 20.8 Å². The molecule has 1 saturated heterocycles. The number of carbonyl (C=O) groups excluding carboxylic acids is 2. The van der Waals surface area contributed by atoms with E-state index in [-0.39, 0.29) is 17.7 Å². The molecule has 0 bridgehead atoms. The summed E-state index contributed by atoms with van der Waals surface area (Å²) in [6.07, 6.45) is 2.36. The van der Waals surface area contributed by atoms with Crippen molar-refractivity contribution >= 4 is 33.2 Å². The maximum Gasteiger partial charge on any atom is 0.229 e. The topological polar surface area (TPSA) is 95.6 Å². The zero-order valence-electron chi connectivity index (χ0n) is 15.7. The van der Waals surface area contributed by atoms with Crippen LogP contribution in [-0.4, -0.2) is 44.5 Å². The van der Waals surface area contributed by atoms with Crippen molar-refractivity contribution < 1.29 is 18.0 Å². The van der Waals surface area contributed by atoms with E-state index >= 15 is 0 Å². The molecule has 1 aliphatic heterocycles. The normalized spacial score (nSPS) is 16.2. The molecule has 1 fully saturated rings. The van der Waals surface area contributed by atoms with Crippen LogP contribution in [0.5, 0.6) is 0 Å². The Morgan fingerprint density at radius 1 is 1.04 bits per heavy atom. The predicted molar refractivity (Wildman–Crippen MR) is 102 cm³/mol. The molecule has 2 N–H and O–H groups in total. The Bertz CT molecular complexity index is 759. The molecule has 8 heteroatoms. The van der Waals surface area contributed by atoms with Gasteiger partial charge < -0.3 is 10.2 Å². The van der Waals surface area contributed by atoms with Crippen molar-refractivity contribution in [3.8, 4) is 0 Å². The van der Waals surface area contributed by atoms with E-state index in [2.05, 4.69) is 10.0 Å². The third-order valence-corrected chi connectivity index (χ3v) is 4.86. The molecule has 7 nitrogen and oxygen atoms in total. The smallest absolute Gasteiger partial charge is 0.229 e. The fourth-order valence-electron chi connectivity index (χ4n) is 2.90. The summed E-state index contributed by atoms with van der Waals surface area (Å²) in [6.45, 7) is 6.88.